The summed E-state index contributed by atoms with van der Waals surface area (Å²) in [4.78, 5) is 0. The Morgan fingerprint density at radius 2 is 1.93 bits per heavy atom. The molecular weight excluding hydrogens is 170 g/mol. The molecule has 0 N–H and O–H groups in total. The first-order valence-corrected chi connectivity index (χ1v) is 5.32. The summed E-state index contributed by atoms with van der Waals surface area (Å²) in [6.07, 6.45) is 2.52. The number of nitrogens with zero attached hydrogens (tertiary/aromatic N) is 1. The van der Waals surface area contributed by atoms with E-state index in [1.54, 1.807) is 0 Å². The Labute approximate surface area is 86.4 Å². The van der Waals surface area contributed by atoms with Gasteiger partial charge in [0.1, 0.15) is 0 Å². The summed E-state index contributed by atoms with van der Waals surface area (Å²) in [5.74, 6) is 0.680. The molecule has 0 atom stereocenters. The lowest BCUT2D eigenvalue weighted by atomic mass is 10.0. The van der Waals surface area contributed by atoms with Gasteiger partial charge < -0.3 is 0 Å². The molecule has 0 saturated heterocycles. The molecule has 0 radical (unpaired) electrons. The maximum Gasteiger partial charge on any atom is 0.0994 e. The summed E-state index contributed by atoms with van der Waals surface area (Å²) in [5, 5.41) is 8.84. The molecule has 0 bridgehead atoms. The highest BCUT2D eigenvalue weighted by Gasteiger charge is 2.25. The van der Waals surface area contributed by atoms with E-state index in [4.69, 9.17) is 5.26 Å². The van der Waals surface area contributed by atoms with Gasteiger partial charge in [-0.05, 0) is 37.3 Å². The highest BCUT2D eigenvalue weighted by Crippen LogP contribution is 2.41. The SMILES string of the molecule is CC.Cc1ccc(C#N)c(C2CC2)c1. The van der Waals surface area contributed by atoms with Gasteiger partial charge in [0.2, 0.25) is 0 Å². The molecule has 2 rings (SSSR count). The highest BCUT2D eigenvalue weighted by atomic mass is 14.3. The minimum atomic E-state index is 0.680. The Morgan fingerprint density at radius 3 is 2.43 bits per heavy atom. The van der Waals surface area contributed by atoms with Crippen molar-refractivity contribution < 1.29 is 0 Å². The van der Waals surface area contributed by atoms with Crippen molar-refractivity contribution in [1.82, 2.24) is 0 Å². The second kappa shape index (κ2) is 4.81. The van der Waals surface area contributed by atoms with Crippen molar-refractivity contribution in [3.63, 3.8) is 0 Å². The molecule has 1 aromatic carbocycles. The van der Waals surface area contributed by atoms with E-state index in [1.807, 2.05) is 26.0 Å². The van der Waals surface area contributed by atoms with Crippen LogP contribution in [0.4, 0.5) is 0 Å². The molecule has 14 heavy (non-hydrogen) atoms. The van der Waals surface area contributed by atoms with Gasteiger partial charge >= 0.3 is 0 Å². The molecule has 0 aliphatic heterocycles. The molecule has 0 unspecified atom stereocenters. The Kier molecular flexibility index (Phi) is 3.71. The van der Waals surface area contributed by atoms with Gasteiger partial charge in [-0.15, -0.1) is 0 Å². The minimum Gasteiger partial charge on any atom is -0.192 e. The number of hydrogen-bond acceptors (Lipinski definition) is 1. The molecular formula is C13H17N. The summed E-state index contributed by atoms with van der Waals surface area (Å²) < 4.78 is 0. The van der Waals surface area contributed by atoms with E-state index >= 15 is 0 Å². The highest BCUT2D eigenvalue weighted by molar-refractivity contribution is 5.43. The first-order valence-electron chi connectivity index (χ1n) is 5.32. The van der Waals surface area contributed by atoms with Crippen LogP contribution >= 0.6 is 0 Å². The van der Waals surface area contributed by atoms with E-state index in [0.717, 1.165) is 5.56 Å². The fourth-order valence-electron chi connectivity index (χ4n) is 1.52. The number of hydrogen-bond donors (Lipinski definition) is 0. The second-order valence-corrected chi connectivity index (χ2v) is 3.48. The Balaban J connectivity index is 0.000000461. The normalized spacial score (nSPS) is 13.9. The predicted octanol–water partition coefficient (Wildman–Crippen LogP) is 3.77. The Hall–Kier alpha value is -1.29. The van der Waals surface area contributed by atoms with Gasteiger partial charge in [0.15, 0.2) is 0 Å². The topological polar surface area (TPSA) is 23.8 Å². The van der Waals surface area contributed by atoms with E-state index in [-0.39, 0.29) is 0 Å². The van der Waals surface area contributed by atoms with Crippen molar-refractivity contribution in [2.24, 2.45) is 0 Å². The first kappa shape index (κ1) is 10.8. The lowest BCUT2D eigenvalue weighted by molar-refractivity contribution is 1.11. The molecule has 1 nitrogen and oxygen atoms in total. The maximum atomic E-state index is 8.84. The van der Waals surface area contributed by atoms with Gasteiger partial charge in [-0.1, -0.05) is 31.5 Å². The largest absolute Gasteiger partial charge is 0.192 e. The lowest BCUT2D eigenvalue weighted by Gasteiger charge is -2.01. The zero-order valence-corrected chi connectivity index (χ0v) is 9.17. The molecule has 1 aliphatic carbocycles. The van der Waals surface area contributed by atoms with Crippen LogP contribution in [0, 0.1) is 18.3 Å². The third-order valence-corrected chi connectivity index (χ3v) is 2.34. The molecule has 0 aromatic heterocycles. The van der Waals surface area contributed by atoms with Crippen molar-refractivity contribution in [3.05, 3.63) is 34.9 Å². The average Bonchev–Trinajstić information content (AvgIpc) is 3.04. The van der Waals surface area contributed by atoms with Gasteiger partial charge in [0, 0.05) is 0 Å². The summed E-state index contributed by atoms with van der Waals surface area (Å²) >= 11 is 0. The fourth-order valence-corrected chi connectivity index (χ4v) is 1.52. The van der Waals surface area contributed by atoms with Gasteiger partial charge in [-0.2, -0.15) is 5.26 Å². The van der Waals surface area contributed by atoms with Crippen LogP contribution in [0.2, 0.25) is 0 Å². The van der Waals surface area contributed by atoms with E-state index in [1.165, 1.54) is 24.0 Å². The van der Waals surface area contributed by atoms with Crippen LogP contribution in [0.5, 0.6) is 0 Å². The molecule has 0 spiro atoms. The Morgan fingerprint density at radius 1 is 1.29 bits per heavy atom. The molecule has 0 heterocycles. The van der Waals surface area contributed by atoms with E-state index in [0.29, 0.717) is 5.92 Å². The van der Waals surface area contributed by atoms with Crippen LogP contribution in [-0.4, -0.2) is 0 Å². The predicted molar refractivity (Wildman–Crippen MR) is 59.2 cm³/mol. The summed E-state index contributed by atoms with van der Waals surface area (Å²) in [5.41, 5.74) is 3.39. The van der Waals surface area contributed by atoms with Crippen molar-refractivity contribution in [1.29, 1.82) is 5.26 Å². The van der Waals surface area contributed by atoms with Crippen LogP contribution in [0.3, 0.4) is 0 Å². The fraction of sp³-hybridized carbons (Fsp3) is 0.462. The quantitative estimate of drug-likeness (QED) is 0.656. The van der Waals surface area contributed by atoms with Crippen molar-refractivity contribution in [2.45, 2.75) is 39.5 Å². The summed E-state index contributed by atoms with van der Waals surface area (Å²) in [7, 11) is 0. The van der Waals surface area contributed by atoms with E-state index in [9.17, 15) is 0 Å². The van der Waals surface area contributed by atoms with Crippen molar-refractivity contribution in [2.75, 3.05) is 0 Å². The standard InChI is InChI=1S/C11H11N.C2H6/c1-8-2-3-10(7-12)11(6-8)9-4-5-9;1-2/h2-3,6,9H,4-5H2,1H3;1-2H3. The smallest absolute Gasteiger partial charge is 0.0994 e. The van der Waals surface area contributed by atoms with Gasteiger partial charge in [-0.25, -0.2) is 0 Å². The van der Waals surface area contributed by atoms with Crippen LogP contribution in [0.1, 0.15) is 49.3 Å². The molecule has 1 aliphatic rings. The zero-order valence-electron chi connectivity index (χ0n) is 9.17. The maximum absolute atomic E-state index is 8.84. The monoisotopic (exact) mass is 187 g/mol. The summed E-state index contributed by atoms with van der Waals surface area (Å²) in [6, 6.07) is 8.33. The third-order valence-electron chi connectivity index (χ3n) is 2.34. The van der Waals surface area contributed by atoms with Gasteiger partial charge in [0.25, 0.3) is 0 Å². The van der Waals surface area contributed by atoms with E-state index < -0.39 is 0 Å². The van der Waals surface area contributed by atoms with Crippen LogP contribution < -0.4 is 0 Å². The van der Waals surface area contributed by atoms with Crippen molar-refractivity contribution in [3.8, 4) is 6.07 Å². The Bertz CT molecular complexity index is 343. The lowest BCUT2D eigenvalue weighted by Crippen LogP contribution is -1.87. The molecule has 1 heteroatoms. The number of benzene rings is 1. The van der Waals surface area contributed by atoms with Gasteiger partial charge in [-0.3, -0.25) is 0 Å². The van der Waals surface area contributed by atoms with Gasteiger partial charge in [0.05, 0.1) is 11.6 Å². The zero-order chi connectivity index (χ0) is 10.6. The number of rotatable bonds is 1. The minimum absolute atomic E-state index is 0.680. The third kappa shape index (κ3) is 2.35. The number of aryl methyl sites for hydroxylation is 1. The molecule has 1 saturated carbocycles. The van der Waals surface area contributed by atoms with Crippen LogP contribution in [0.15, 0.2) is 18.2 Å². The van der Waals surface area contributed by atoms with Crippen LogP contribution in [0.25, 0.3) is 0 Å². The van der Waals surface area contributed by atoms with Crippen LogP contribution in [-0.2, 0) is 0 Å². The first-order chi connectivity index (χ1) is 6.81. The summed E-state index contributed by atoms with van der Waals surface area (Å²) in [6.45, 7) is 6.08. The van der Waals surface area contributed by atoms with E-state index in [2.05, 4.69) is 19.1 Å². The molecule has 1 aromatic rings. The molecule has 74 valence electrons. The average molecular weight is 187 g/mol. The molecule has 0 amide bonds. The molecule has 1 fully saturated rings. The second-order valence-electron chi connectivity index (χ2n) is 3.48. The van der Waals surface area contributed by atoms with Crippen molar-refractivity contribution >= 4 is 0 Å². The number of nitriles is 1.